The van der Waals surface area contributed by atoms with Gasteiger partial charge in [0.2, 0.25) is 0 Å². The first-order chi connectivity index (χ1) is 17.0. The summed E-state index contributed by atoms with van der Waals surface area (Å²) in [5.74, 6) is -8.93. The van der Waals surface area contributed by atoms with Gasteiger partial charge in [0.25, 0.3) is 13.1 Å². The second kappa shape index (κ2) is 10.9. The van der Waals surface area contributed by atoms with Gasteiger partial charge in [-0.3, -0.25) is 0 Å². The van der Waals surface area contributed by atoms with Crippen molar-refractivity contribution in [2.24, 2.45) is 16.7 Å². The third-order valence-electron chi connectivity index (χ3n) is 11.2. The second-order valence-corrected chi connectivity index (χ2v) is 14.0. The number of halogens is 4. The lowest BCUT2D eigenvalue weighted by atomic mass is 9.50. The zero-order chi connectivity index (χ0) is 27.8. The zero-order valence-electron chi connectivity index (χ0n) is 24.3. The van der Waals surface area contributed by atoms with E-state index in [0.717, 1.165) is 44.9 Å². The van der Waals surface area contributed by atoms with E-state index in [2.05, 4.69) is 41.5 Å². The van der Waals surface area contributed by atoms with Gasteiger partial charge in [0.05, 0.1) is 5.60 Å². The van der Waals surface area contributed by atoms with Crippen LogP contribution in [-0.4, -0.2) is 40.8 Å². The summed E-state index contributed by atoms with van der Waals surface area (Å²) in [5.41, 5.74) is -5.04. The van der Waals surface area contributed by atoms with Gasteiger partial charge < -0.3 is 9.84 Å². The zero-order valence-corrected chi connectivity index (χ0v) is 24.3. The van der Waals surface area contributed by atoms with Crippen LogP contribution in [0.2, 0.25) is 0 Å². The van der Waals surface area contributed by atoms with Crippen molar-refractivity contribution >= 4 is 7.28 Å². The highest BCUT2D eigenvalue weighted by Gasteiger charge is 2.71. The summed E-state index contributed by atoms with van der Waals surface area (Å²) in [5, 5.41) is 11.3. The quantitative estimate of drug-likeness (QED) is 0.250. The second-order valence-electron chi connectivity index (χ2n) is 14.0. The van der Waals surface area contributed by atoms with Crippen molar-refractivity contribution in [1.29, 1.82) is 0 Å². The lowest BCUT2D eigenvalue weighted by molar-refractivity contribution is -0.270. The molecule has 1 aliphatic carbocycles. The molecule has 0 amide bonds. The van der Waals surface area contributed by atoms with E-state index in [1.807, 2.05) is 0 Å². The highest BCUT2D eigenvalue weighted by atomic mass is 19.3. The summed E-state index contributed by atoms with van der Waals surface area (Å²) in [6, 6.07) is 0. The van der Waals surface area contributed by atoms with Crippen LogP contribution in [0.25, 0.3) is 0 Å². The molecule has 4 atom stereocenters. The summed E-state index contributed by atoms with van der Waals surface area (Å²) in [7, 11) is 0.539. The van der Waals surface area contributed by atoms with Crippen LogP contribution in [0.3, 0.4) is 0 Å². The van der Waals surface area contributed by atoms with Crippen molar-refractivity contribution in [3.05, 3.63) is 0 Å². The average molecular weight is 532 g/mol. The Morgan fingerprint density at radius 1 is 0.757 bits per heavy atom. The van der Waals surface area contributed by atoms with E-state index in [0.29, 0.717) is 52.2 Å². The van der Waals surface area contributed by atoms with Crippen LogP contribution in [0.4, 0.5) is 17.6 Å². The Hall–Kier alpha value is -0.295. The molecule has 7 heteroatoms. The maximum Gasteiger partial charge on any atom is 0.329 e. The van der Waals surface area contributed by atoms with E-state index >= 15 is 17.6 Å². The van der Waals surface area contributed by atoms with Crippen LogP contribution in [0, 0.1) is 16.7 Å². The number of rotatable bonds is 8. The van der Waals surface area contributed by atoms with Crippen molar-refractivity contribution in [3.63, 3.8) is 0 Å². The summed E-state index contributed by atoms with van der Waals surface area (Å²) in [4.78, 5) is 0. The molecule has 1 saturated carbocycles. The predicted molar refractivity (Wildman–Crippen MR) is 143 cm³/mol. The van der Waals surface area contributed by atoms with Gasteiger partial charge in [0.15, 0.2) is 0 Å². The Morgan fingerprint density at radius 2 is 1.38 bits per heavy atom. The lowest BCUT2D eigenvalue weighted by Gasteiger charge is -2.48. The highest BCUT2D eigenvalue weighted by Crippen LogP contribution is 2.57. The van der Waals surface area contributed by atoms with E-state index in [1.54, 1.807) is 0 Å². The van der Waals surface area contributed by atoms with Crippen LogP contribution in [-0.2, 0) is 4.74 Å². The number of fused-ring (bicyclic) bond motifs is 2. The van der Waals surface area contributed by atoms with Crippen LogP contribution in [0.5, 0.6) is 0 Å². The van der Waals surface area contributed by atoms with Gasteiger partial charge in [-0.05, 0) is 74.5 Å². The summed E-state index contributed by atoms with van der Waals surface area (Å²) in [6.45, 7) is 12.6. The molecular weight excluding hydrogens is 479 g/mol. The first-order valence-corrected chi connectivity index (χ1v) is 15.1. The van der Waals surface area contributed by atoms with Gasteiger partial charge >= 0.3 is 5.92 Å². The molecule has 37 heavy (non-hydrogen) atoms. The molecule has 0 aromatic rings. The summed E-state index contributed by atoms with van der Waals surface area (Å²) >= 11 is 0. The molecule has 1 radical (unpaired) electrons. The minimum atomic E-state index is -4.57. The smallest absolute Gasteiger partial charge is 0.329 e. The first kappa shape index (κ1) is 31.2. The van der Waals surface area contributed by atoms with Gasteiger partial charge in [-0.15, -0.1) is 0 Å². The molecule has 1 N–H and O–H groups in total. The molecular formula is C30H52BF4O2. The first-order valence-electron chi connectivity index (χ1n) is 15.1. The fraction of sp³-hybridized carbons (Fsp3) is 1.00. The van der Waals surface area contributed by atoms with E-state index in [4.69, 9.17) is 4.74 Å². The molecule has 2 nitrogen and oxygen atoms in total. The van der Waals surface area contributed by atoms with Crippen molar-refractivity contribution in [3.8, 4) is 0 Å². The Balaban J connectivity index is 1.88. The molecule has 0 spiro atoms. The van der Waals surface area contributed by atoms with Crippen LogP contribution in [0.15, 0.2) is 0 Å². The maximum atomic E-state index is 16.0. The molecule has 3 aliphatic rings. The standard InChI is InChI=1S/C30H52BF4O2/c1-7-24(3,4)23-15-11-9-12-17-26(36,20-16-23)29(32,33)30(34,35)31-28-19-14-10-13-18-27(37-28,21-22-28)25(5,6)8-2/h23,36H,7-22H2,1-6H3. The van der Waals surface area contributed by atoms with E-state index in [1.165, 1.54) is 0 Å². The number of hydrogen-bond donors (Lipinski definition) is 1. The average Bonchev–Trinajstić information content (AvgIpc) is 3.24. The van der Waals surface area contributed by atoms with E-state index in [9.17, 15) is 5.11 Å². The SMILES string of the molecule is CCC(C)(C)C1CCCCCC(O)(C(F)(F)C(F)(F)[B]C23CCCCCC(C(C)(C)CC)(CC2)O3)CC1. The van der Waals surface area contributed by atoms with Crippen LogP contribution in [0.1, 0.15) is 144 Å². The molecule has 2 aliphatic heterocycles. The van der Waals surface area contributed by atoms with E-state index < -0.39 is 28.4 Å². The van der Waals surface area contributed by atoms with Crippen LogP contribution < -0.4 is 0 Å². The van der Waals surface area contributed by atoms with Crippen molar-refractivity contribution in [2.75, 3.05) is 0 Å². The predicted octanol–water partition coefficient (Wildman–Crippen LogP) is 9.09. The molecule has 4 unspecified atom stereocenters. The van der Waals surface area contributed by atoms with Crippen molar-refractivity contribution in [2.45, 2.75) is 173 Å². The van der Waals surface area contributed by atoms with Crippen LogP contribution >= 0.6 is 0 Å². The molecule has 2 heterocycles. The van der Waals surface area contributed by atoms with Gasteiger partial charge in [-0.1, -0.05) is 86.5 Å². The number of aliphatic hydroxyl groups is 1. The molecule has 0 aromatic heterocycles. The Labute approximate surface area is 224 Å². The van der Waals surface area contributed by atoms with Gasteiger partial charge in [-0.2, -0.15) is 8.78 Å². The Kier molecular flexibility index (Phi) is 9.23. The summed E-state index contributed by atoms with van der Waals surface area (Å²) in [6.07, 6.45) is 8.74. The van der Waals surface area contributed by atoms with Gasteiger partial charge in [-0.25, -0.2) is 8.78 Å². The van der Waals surface area contributed by atoms with E-state index in [-0.39, 0.29) is 29.6 Å². The lowest BCUT2D eigenvalue weighted by Crippen LogP contribution is -2.65. The molecule has 2 bridgehead atoms. The third kappa shape index (κ3) is 5.93. The minimum Gasteiger partial charge on any atom is -0.383 e. The minimum absolute atomic E-state index is 0.0832. The van der Waals surface area contributed by atoms with Crippen molar-refractivity contribution in [1.82, 2.24) is 0 Å². The number of hydrogen-bond acceptors (Lipinski definition) is 2. The molecule has 3 rings (SSSR count). The third-order valence-corrected chi connectivity index (χ3v) is 11.2. The van der Waals surface area contributed by atoms with Gasteiger partial charge in [0, 0.05) is 5.50 Å². The fourth-order valence-corrected chi connectivity index (χ4v) is 7.36. The monoisotopic (exact) mass is 531 g/mol. The Morgan fingerprint density at radius 3 is 2.03 bits per heavy atom. The highest BCUT2D eigenvalue weighted by molar-refractivity contribution is 6.43. The molecule has 0 aromatic carbocycles. The molecule has 215 valence electrons. The summed E-state index contributed by atoms with van der Waals surface area (Å²) < 4.78 is 70.3. The topological polar surface area (TPSA) is 29.5 Å². The Bertz CT molecular complexity index is 773. The molecule has 3 fully saturated rings. The fourth-order valence-electron chi connectivity index (χ4n) is 7.36. The van der Waals surface area contributed by atoms with Crippen molar-refractivity contribution < 1.29 is 27.4 Å². The normalized spacial score (nSPS) is 35.2. The van der Waals surface area contributed by atoms with Gasteiger partial charge in [0.1, 0.15) is 5.60 Å². The molecule has 2 saturated heterocycles. The number of alkyl halides is 4. The number of ether oxygens (including phenoxy) is 1. The largest absolute Gasteiger partial charge is 0.383 e. The maximum absolute atomic E-state index is 16.0.